The second-order valence-corrected chi connectivity index (χ2v) is 7.26. The molecule has 1 aliphatic heterocycles. The van der Waals surface area contributed by atoms with Crippen molar-refractivity contribution in [1.29, 1.82) is 0 Å². The number of ether oxygens (including phenoxy) is 1. The fraction of sp³-hybridized carbons (Fsp3) is 0.533. The maximum atomic E-state index is 13.9. The summed E-state index contributed by atoms with van der Waals surface area (Å²) in [5.41, 5.74) is 1.59. The lowest BCUT2D eigenvalue weighted by Crippen LogP contribution is -2.25. The second kappa shape index (κ2) is 6.38. The van der Waals surface area contributed by atoms with Crippen molar-refractivity contribution in [3.63, 3.8) is 0 Å². The smallest absolute Gasteiger partial charge is 0.138 e. The molecule has 0 aliphatic carbocycles. The van der Waals surface area contributed by atoms with Crippen LogP contribution in [-0.4, -0.2) is 22.3 Å². The lowest BCUT2D eigenvalue weighted by atomic mass is 10.1. The summed E-state index contributed by atoms with van der Waals surface area (Å²) in [6.45, 7) is 3.38. The molecule has 0 amide bonds. The average molecular weight is 423 g/mol. The first-order valence-corrected chi connectivity index (χ1v) is 8.68. The number of fused-ring (bicyclic) bond motifs is 1. The van der Waals surface area contributed by atoms with Crippen molar-refractivity contribution < 1.29 is 9.13 Å². The van der Waals surface area contributed by atoms with Crippen molar-refractivity contribution in [2.45, 2.75) is 44.2 Å². The minimum absolute atomic E-state index is 0.160. The second-order valence-electron chi connectivity index (χ2n) is 5.44. The summed E-state index contributed by atoms with van der Waals surface area (Å²) < 4.78 is 22.3. The highest BCUT2D eigenvalue weighted by molar-refractivity contribution is 14.1. The molecule has 21 heavy (non-hydrogen) atoms. The summed E-state index contributed by atoms with van der Waals surface area (Å²) in [7, 11) is 0. The molecule has 0 spiro atoms. The summed E-state index contributed by atoms with van der Waals surface area (Å²) in [5, 5.41) is -0.221. The third-order valence-corrected chi connectivity index (χ3v) is 4.86. The Balaban J connectivity index is 2.04. The molecule has 1 aromatic heterocycles. The minimum atomic E-state index is -0.221. The summed E-state index contributed by atoms with van der Waals surface area (Å²) >= 11 is 8.24. The molecule has 2 atom stereocenters. The zero-order valence-corrected chi connectivity index (χ0v) is 14.7. The van der Waals surface area contributed by atoms with Crippen molar-refractivity contribution >= 4 is 45.2 Å². The standard InChI is InChI=1S/C15H17ClFIN2O/c1-9(16)15-19-13-7-12(18)11(17)6-14(13)20(15)8-10-4-2-3-5-21-10/h6-7,9-10H,2-5,8H2,1H3. The molecule has 1 aliphatic rings. The number of nitrogens with zero attached hydrogens (tertiary/aromatic N) is 2. The topological polar surface area (TPSA) is 27.1 Å². The highest BCUT2D eigenvalue weighted by Crippen LogP contribution is 2.28. The van der Waals surface area contributed by atoms with Gasteiger partial charge >= 0.3 is 0 Å². The zero-order valence-electron chi connectivity index (χ0n) is 11.8. The van der Waals surface area contributed by atoms with Crippen LogP contribution in [0.1, 0.15) is 37.4 Å². The predicted octanol–water partition coefficient (Wildman–Crippen LogP) is 4.65. The van der Waals surface area contributed by atoms with E-state index in [-0.39, 0.29) is 17.3 Å². The van der Waals surface area contributed by atoms with E-state index in [1.165, 1.54) is 6.42 Å². The van der Waals surface area contributed by atoms with Crippen LogP contribution in [-0.2, 0) is 11.3 Å². The first-order chi connectivity index (χ1) is 10.1. The van der Waals surface area contributed by atoms with E-state index in [9.17, 15) is 4.39 Å². The maximum Gasteiger partial charge on any atom is 0.138 e. The third kappa shape index (κ3) is 3.19. The van der Waals surface area contributed by atoms with E-state index in [2.05, 4.69) is 4.98 Å². The normalized spacial score (nSPS) is 20.9. The Morgan fingerprint density at radius 2 is 2.33 bits per heavy atom. The van der Waals surface area contributed by atoms with Crippen LogP contribution in [0.3, 0.4) is 0 Å². The monoisotopic (exact) mass is 422 g/mol. The summed E-state index contributed by atoms with van der Waals surface area (Å²) in [6.07, 6.45) is 3.48. The van der Waals surface area contributed by atoms with Crippen LogP contribution in [0, 0.1) is 9.39 Å². The number of hydrogen-bond acceptors (Lipinski definition) is 2. The van der Waals surface area contributed by atoms with Gasteiger partial charge in [0, 0.05) is 12.7 Å². The lowest BCUT2D eigenvalue weighted by Gasteiger charge is -2.24. The molecule has 6 heteroatoms. The van der Waals surface area contributed by atoms with Crippen molar-refractivity contribution in [2.75, 3.05) is 6.61 Å². The fourth-order valence-electron chi connectivity index (χ4n) is 2.79. The molecule has 2 aromatic rings. The number of benzene rings is 1. The Bertz CT molecular complexity index is 653. The van der Waals surface area contributed by atoms with E-state index in [4.69, 9.17) is 16.3 Å². The number of rotatable bonds is 3. The van der Waals surface area contributed by atoms with Gasteiger partial charge in [0.2, 0.25) is 0 Å². The molecule has 2 heterocycles. The van der Waals surface area contributed by atoms with E-state index < -0.39 is 0 Å². The third-order valence-electron chi connectivity index (χ3n) is 3.84. The van der Waals surface area contributed by atoms with Gasteiger partial charge in [-0.05, 0) is 54.8 Å². The number of imidazole rings is 1. The molecular formula is C15H17ClFIN2O. The van der Waals surface area contributed by atoms with Gasteiger partial charge in [-0.1, -0.05) is 0 Å². The van der Waals surface area contributed by atoms with Gasteiger partial charge in [-0.3, -0.25) is 0 Å². The van der Waals surface area contributed by atoms with Gasteiger partial charge in [-0.15, -0.1) is 11.6 Å². The largest absolute Gasteiger partial charge is 0.376 e. The van der Waals surface area contributed by atoms with Crippen LogP contribution in [0.4, 0.5) is 4.39 Å². The number of hydrogen-bond donors (Lipinski definition) is 0. The van der Waals surface area contributed by atoms with E-state index in [0.717, 1.165) is 36.3 Å². The van der Waals surface area contributed by atoms with Crippen LogP contribution in [0.25, 0.3) is 11.0 Å². The van der Waals surface area contributed by atoms with Crippen LogP contribution >= 0.6 is 34.2 Å². The van der Waals surface area contributed by atoms with Crippen molar-refractivity contribution in [1.82, 2.24) is 9.55 Å². The number of alkyl halides is 1. The quantitative estimate of drug-likeness (QED) is 0.532. The van der Waals surface area contributed by atoms with Crippen LogP contribution in [0.5, 0.6) is 0 Å². The average Bonchev–Trinajstić information content (AvgIpc) is 2.79. The maximum absolute atomic E-state index is 13.9. The van der Waals surface area contributed by atoms with E-state index >= 15 is 0 Å². The van der Waals surface area contributed by atoms with E-state index in [0.29, 0.717) is 10.1 Å². The van der Waals surface area contributed by atoms with Gasteiger partial charge in [0.15, 0.2) is 0 Å². The molecule has 114 valence electrons. The Morgan fingerprint density at radius 1 is 1.52 bits per heavy atom. The summed E-state index contributed by atoms with van der Waals surface area (Å²) in [6, 6.07) is 3.32. The molecule has 0 bridgehead atoms. The first kappa shape index (κ1) is 15.5. The molecule has 0 radical (unpaired) electrons. The highest BCUT2D eigenvalue weighted by Gasteiger charge is 2.21. The van der Waals surface area contributed by atoms with Crippen molar-refractivity contribution in [3.05, 3.63) is 27.3 Å². The highest BCUT2D eigenvalue weighted by atomic mass is 127. The zero-order chi connectivity index (χ0) is 15.0. The predicted molar refractivity (Wildman–Crippen MR) is 90.3 cm³/mol. The first-order valence-electron chi connectivity index (χ1n) is 7.17. The Labute approximate surface area is 142 Å². The van der Waals surface area contributed by atoms with Gasteiger partial charge in [-0.2, -0.15) is 0 Å². The van der Waals surface area contributed by atoms with Gasteiger partial charge < -0.3 is 9.30 Å². The molecule has 2 unspecified atom stereocenters. The van der Waals surface area contributed by atoms with Crippen molar-refractivity contribution in [3.8, 4) is 0 Å². The molecule has 1 fully saturated rings. The summed E-state index contributed by atoms with van der Waals surface area (Å²) in [4.78, 5) is 4.58. The summed E-state index contributed by atoms with van der Waals surface area (Å²) in [5.74, 6) is 0.560. The SMILES string of the molecule is CC(Cl)c1nc2cc(I)c(F)cc2n1CC1CCCCO1. The molecule has 0 N–H and O–H groups in total. The molecule has 3 rings (SSSR count). The van der Waals surface area contributed by atoms with Crippen LogP contribution < -0.4 is 0 Å². The molecule has 0 saturated carbocycles. The minimum Gasteiger partial charge on any atom is -0.376 e. The molecule has 3 nitrogen and oxygen atoms in total. The van der Waals surface area contributed by atoms with Gasteiger partial charge in [0.1, 0.15) is 11.6 Å². The van der Waals surface area contributed by atoms with Crippen molar-refractivity contribution in [2.24, 2.45) is 0 Å². The fourth-order valence-corrected chi connectivity index (χ4v) is 3.41. The lowest BCUT2D eigenvalue weighted by molar-refractivity contribution is 0.00618. The number of aromatic nitrogens is 2. The van der Waals surface area contributed by atoms with Gasteiger partial charge in [0.25, 0.3) is 0 Å². The van der Waals surface area contributed by atoms with Gasteiger partial charge in [0.05, 0.1) is 32.6 Å². The molecule has 1 aromatic carbocycles. The van der Waals surface area contributed by atoms with Crippen LogP contribution in [0.15, 0.2) is 12.1 Å². The Hall–Kier alpha value is -0.400. The Kier molecular flexibility index (Phi) is 4.71. The van der Waals surface area contributed by atoms with Gasteiger partial charge in [-0.25, -0.2) is 9.37 Å². The molecular weight excluding hydrogens is 406 g/mol. The number of halogens is 3. The van der Waals surface area contributed by atoms with Crippen LogP contribution in [0.2, 0.25) is 0 Å². The van der Waals surface area contributed by atoms with E-state index in [1.54, 1.807) is 12.1 Å². The molecule has 1 saturated heterocycles. The van der Waals surface area contributed by atoms with E-state index in [1.807, 2.05) is 34.1 Å². The Morgan fingerprint density at radius 3 is 3.00 bits per heavy atom.